The van der Waals surface area contributed by atoms with Crippen molar-refractivity contribution >= 4 is 78.3 Å². The van der Waals surface area contributed by atoms with E-state index in [4.69, 9.17) is 4.98 Å². The summed E-state index contributed by atoms with van der Waals surface area (Å²) in [4.78, 5) is 9.49. The molecule has 7 aromatic rings. The van der Waals surface area contributed by atoms with E-state index in [2.05, 4.69) is 133 Å². The van der Waals surface area contributed by atoms with E-state index in [0.717, 1.165) is 82.4 Å². The van der Waals surface area contributed by atoms with Crippen LogP contribution in [0.5, 0.6) is 0 Å². The zero-order valence-electron chi connectivity index (χ0n) is 23.2. The number of aromatic nitrogens is 1. The average Bonchev–Trinajstić information content (AvgIpc) is 3.04. The first-order chi connectivity index (χ1) is 20.5. The van der Waals surface area contributed by atoms with Gasteiger partial charge in [-0.05, 0) is 70.1 Å². The maximum atomic E-state index is 16.1. The number of hydrogen-bond donors (Lipinski definition) is 0. The summed E-state index contributed by atoms with van der Waals surface area (Å²) in [6.07, 6.45) is 0. The third kappa shape index (κ3) is 3.08. The smallest absolute Gasteiger partial charge is 0.179 e. The quantitative estimate of drug-likeness (QED) is 0.191. The average molecular weight is 560 g/mol. The van der Waals surface area contributed by atoms with E-state index in [1.165, 1.54) is 0 Å². The molecule has 4 nitrogen and oxygen atoms in total. The Morgan fingerprint density at radius 3 is 1.55 bits per heavy atom. The molecular formula is C37H26N3OP. The van der Waals surface area contributed by atoms with Crippen LogP contribution in [0.1, 0.15) is 0 Å². The number of pyridine rings is 1. The highest BCUT2D eigenvalue weighted by Crippen LogP contribution is 2.59. The van der Waals surface area contributed by atoms with Gasteiger partial charge < -0.3 is 14.4 Å². The maximum absolute atomic E-state index is 16.1. The van der Waals surface area contributed by atoms with Crippen molar-refractivity contribution in [2.24, 2.45) is 0 Å². The van der Waals surface area contributed by atoms with Gasteiger partial charge in [-0.15, -0.1) is 0 Å². The fourth-order valence-corrected chi connectivity index (χ4v) is 10.4. The number of fused-ring (bicyclic) bond motifs is 7. The first-order valence-corrected chi connectivity index (χ1v) is 15.9. The number of hydrogen-bond acceptors (Lipinski definition) is 4. The van der Waals surface area contributed by atoms with Gasteiger partial charge in [-0.1, -0.05) is 72.8 Å². The summed E-state index contributed by atoms with van der Waals surface area (Å²) in [6, 6.07) is 42.2. The van der Waals surface area contributed by atoms with Gasteiger partial charge in [0, 0.05) is 35.7 Å². The second-order valence-corrected chi connectivity index (χ2v) is 14.0. The molecule has 42 heavy (non-hydrogen) atoms. The van der Waals surface area contributed by atoms with E-state index in [1.54, 1.807) is 0 Å². The van der Waals surface area contributed by atoms with Gasteiger partial charge in [-0.25, -0.2) is 4.98 Å². The lowest BCUT2D eigenvalue weighted by atomic mass is 10.0. The molecule has 0 amide bonds. The third-order valence-electron chi connectivity index (χ3n) is 9.09. The molecule has 9 rings (SSSR count). The van der Waals surface area contributed by atoms with Crippen molar-refractivity contribution in [2.45, 2.75) is 0 Å². The van der Waals surface area contributed by atoms with Gasteiger partial charge in [-0.2, -0.15) is 0 Å². The molecule has 0 atom stereocenters. The molecule has 0 N–H and O–H groups in total. The van der Waals surface area contributed by atoms with Crippen LogP contribution in [-0.2, 0) is 4.57 Å². The standard InChI is InChI=1S/C37H26N3OP/c1-39-31-17-24-10-3-5-12-26(24)21-35(31)42(41)36-22-27-13-6-4-11-25(27)18-32(36)40(2)34-20-28(19-33(39)37(34)42)30-16-15-23-9-7-8-14-29(23)38-30/h3-22H,1-2H3. The minimum atomic E-state index is -3.25. The molecule has 0 saturated heterocycles. The van der Waals surface area contributed by atoms with Crippen molar-refractivity contribution < 1.29 is 4.57 Å². The molecule has 6 aromatic carbocycles. The number of nitrogens with zero attached hydrogens (tertiary/aromatic N) is 3. The lowest BCUT2D eigenvalue weighted by Crippen LogP contribution is -2.43. The molecule has 1 aromatic heterocycles. The summed E-state index contributed by atoms with van der Waals surface area (Å²) in [5, 5.41) is 8.30. The predicted octanol–water partition coefficient (Wildman–Crippen LogP) is 8.01. The maximum Gasteiger partial charge on any atom is 0.179 e. The number of para-hydroxylation sites is 1. The zero-order valence-corrected chi connectivity index (χ0v) is 24.1. The van der Waals surface area contributed by atoms with Crippen LogP contribution in [-0.4, -0.2) is 19.1 Å². The van der Waals surface area contributed by atoms with Gasteiger partial charge in [0.25, 0.3) is 0 Å². The molecular weight excluding hydrogens is 533 g/mol. The Balaban J connectivity index is 1.40. The zero-order chi connectivity index (χ0) is 28.2. The number of benzene rings is 6. The van der Waals surface area contributed by atoms with E-state index in [1.807, 2.05) is 12.1 Å². The van der Waals surface area contributed by atoms with Gasteiger partial charge >= 0.3 is 0 Å². The van der Waals surface area contributed by atoms with Crippen LogP contribution in [0.15, 0.2) is 121 Å². The van der Waals surface area contributed by atoms with Crippen molar-refractivity contribution in [3.63, 3.8) is 0 Å². The number of anilines is 4. The second-order valence-electron chi connectivity index (χ2n) is 11.4. The molecule has 0 fully saturated rings. The predicted molar refractivity (Wildman–Crippen MR) is 178 cm³/mol. The van der Waals surface area contributed by atoms with Crippen molar-refractivity contribution in [1.29, 1.82) is 0 Å². The fourth-order valence-electron chi connectivity index (χ4n) is 6.92. The highest BCUT2D eigenvalue weighted by Gasteiger charge is 2.47. The van der Waals surface area contributed by atoms with E-state index < -0.39 is 7.14 Å². The Morgan fingerprint density at radius 1 is 0.524 bits per heavy atom. The Kier molecular flexibility index (Phi) is 4.70. The Labute approximate surface area is 243 Å². The molecule has 0 aliphatic carbocycles. The summed E-state index contributed by atoms with van der Waals surface area (Å²) in [6.45, 7) is 0. The van der Waals surface area contributed by atoms with Gasteiger partial charge in [0.2, 0.25) is 0 Å². The SMILES string of the molecule is CN1c2cc3ccccc3cc2P2(=O)c3cc4ccccc4cc3N(C)c3cc(-c4ccc5ccccc5n4)cc1c32. The molecule has 0 saturated carbocycles. The van der Waals surface area contributed by atoms with Crippen LogP contribution in [0.25, 0.3) is 43.7 Å². The Bertz CT molecular complexity index is 2220. The first-order valence-electron chi connectivity index (χ1n) is 14.2. The fraction of sp³-hybridized carbons (Fsp3) is 0.0541. The highest BCUT2D eigenvalue weighted by atomic mass is 31.2. The van der Waals surface area contributed by atoms with Crippen LogP contribution in [0.4, 0.5) is 22.7 Å². The minimum absolute atomic E-state index is 0.901. The molecule has 200 valence electrons. The van der Waals surface area contributed by atoms with Gasteiger partial charge in [-0.3, -0.25) is 0 Å². The summed E-state index contributed by atoms with van der Waals surface area (Å²) in [5.74, 6) is 0. The van der Waals surface area contributed by atoms with Gasteiger partial charge in [0.05, 0.1) is 39.3 Å². The first kappa shape index (κ1) is 23.8. The molecule has 0 bridgehead atoms. The summed E-state index contributed by atoms with van der Waals surface area (Å²) >= 11 is 0. The highest BCUT2D eigenvalue weighted by molar-refractivity contribution is 7.86. The van der Waals surface area contributed by atoms with Crippen molar-refractivity contribution in [3.8, 4) is 11.3 Å². The second kappa shape index (κ2) is 8.31. The largest absolute Gasteiger partial charge is 0.343 e. The Hall–Kier alpha value is -4.92. The third-order valence-corrected chi connectivity index (χ3v) is 12.2. The summed E-state index contributed by atoms with van der Waals surface area (Å²) in [7, 11) is 0.942. The molecule has 0 unspecified atom stereocenters. The van der Waals surface area contributed by atoms with Crippen molar-refractivity contribution in [2.75, 3.05) is 23.9 Å². The van der Waals surface area contributed by atoms with E-state index in [9.17, 15) is 0 Å². The molecule has 0 spiro atoms. The lowest BCUT2D eigenvalue weighted by Gasteiger charge is -2.43. The minimum Gasteiger partial charge on any atom is -0.343 e. The Morgan fingerprint density at radius 2 is 1.00 bits per heavy atom. The van der Waals surface area contributed by atoms with E-state index >= 15 is 4.57 Å². The van der Waals surface area contributed by atoms with Crippen LogP contribution in [0.2, 0.25) is 0 Å². The van der Waals surface area contributed by atoms with Crippen molar-refractivity contribution in [3.05, 3.63) is 121 Å². The molecule has 0 radical (unpaired) electrons. The molecule has 2 aliphatic heterocycles. The van der Waals surface area contributed by atoms with Crippen LogP contribution < -0.4 is 25.7 Å². The van der Waals surface area contributed by atoms with Crippen LogP contribution in [0, 0.1) is 0 Å². The molecule has 5 heteroatoms. The monoisotopic (exact) mass is 559 g/mol. The number of rotatable bonds is 1. The summed E-state index contributed by atoms with van der Waals surface area (Å²) < 4.78 is 16.1. The summed E-state index contributed by atoms with van der Waals surface area (Å²) in [5.41, 5.74) is 6.78. The molecule has 2 aliphatic rings. The molecule has 3 heterocycles. The topological polar surface area (TPSA) is 36.4 Å². The normalized spacial score (nSPS) is 14.6. The van der Waals surface area contributed by atoms with Crippen LogP contribution >= 0.6 is 7.14 Å². The van der Waals surface area contributed by atoms with E-state index in [-0.39, 0.29) is 0 Å². The van der Waals surface area contributed by atoms with E-state index in [0.29, 0.717) is 0 Å². The van der Waals surface area contributed by atoms with Crippen LogP contribution in [0.3, 0.4) is 0 Å². The van der Waals surface area contributed by atoms with Crippen molar-refractivity contribution in [1.82, 2.24) is 4.98 Å². The van der Waals surface area contributed by atoms with Gasteiger partial charge in [0.15, 0.2) is 7.14 Å². The van der Waals surface area contributed by atoms with Gasteiger partial charge in [0.1, 0.15) is 0 Å². The lowest BCUT2D eigenvalue weighted by molar-refractivity contribution is 0.592.